The molecule has 1 aromatic heterocycles. The fraction of sp³-hybridized carbons (Fsp3) is 0.812. The van der Waals surface area contributed by atoms with Crippen LogP contribution >= 0.6 is 11.3 Å². The maximum Gasteiger partial charge on any atom is 0.185 e. The molecule has 0 aliphatic heterocycles. The van der Waals surface area contributed by atoms with E-state index in [1.54, 1.807) is 0 Å². The number of anilines is 1. The van der Waals surface area contributed by atoms with Crippen LogP contribution in [0.15, 0.2) is 0 Å². The van der Waals surface area contributed by atoms with E-state index in [1.807, 2.05) is 11.3 Å². The average molecular weight is 295 g/mol. The molecule has 1 aliphatic rings. The van der Waals surface area contributed by atoms with Gasteiger partial charge in [-0.05, 0) is 19.3 Å². The number of aryl methyl sites for hydroxylation is 1. The van der Waals surface area contributed by atoms with Crippen LogP contribution in [0.5, 0.6) is 0 Å². The molecule has 0 unspecified atom stereocenters. The molecule has 1 aromatic rings. The first-order valence-electron chi connectivity index (χ1n) is 8.06. The van der Waals surface area contributed by atoms with Gasteiger partial charge in [0, 0.05) is 30.6 Å². The highest BCUT2D eigenvalue weighted by Gasteiger charge is 2.23. The molecule has 20 heavy (non-hydrogen) atoms. The minimum atomic E-state index is 0.530. The Kier molecular flexibility index (Phi) is 5.85. The van der Waals surface area contributed by atoms with Crippen LogP contribution in [0.4, 0.5) is 5.13 Å². The van der Waals surface area contributed by atoms with E-state index in [0.717, 1.165) is 13.0 Å². The highest BCUT2D eigenvalue weighted by Crippen LogP contribution is 2.32. The smallest absolute Gasteiger partial charge is 0.185 e. The Bertz CT molecular complexity index is 408. The minimum Gasteiger partial charge on any atom is -0.348 e. The average Bonchev–Trinajstić information content (AvgIpc) is 3.05. The molecule has 2 rings (SSSR count). The Morgan fingerprint density at radius 2 is 2.05 bits per heavy atom. The lowest BCUT2D eigenvalue weighted by atomic mass is 10.2. The summed E-state index contributed by atoms with van der Waals surface area (Å²) in [5.74, 6) is 0. The maximum absolute atomic E-state index is 4.93. The largest absolute Gasteiger partial charge is 0.348 e. The zero-order valence-corrected chi connectivity index (χ0v) is 14.2. The third-order valence-electron chi connectivity index (χ3n) is 4.10. The third-order valence-corrected chi connectivity index (χ3v) is 5.29. The normalized spacial score (nSPS) is 16.2. The molecular weight excluding hydrogens is 266 g/mol. The van der Waals surface area contributed by atoms with E-state index in [1.165, 1.54) is 47.8 Å². The molecule has 1 N–H and O–H groups in total. The predicted molar refractivity (Wildman–Crippen MR) is 88.7 cm³/mol. The van der Waals surface area contributed by atoms with Crippen molar-refractivity contribution in [3.8, 4) is 0 Å². The maximum atomic E-state index is 4.93. The van der Waals surface area contributed by atoms with E-state index in [9.17, 15) is 0 Å². The van der Waals surface area contributed by atoms with Crippen molar-refractivity contribution in [3.63, 3.8) is 0 Å². The summed E-state index contributed by atoms with van der Waals surface area (Å²) in [6, 6.07) is 1.24. The molecule has 114 valence electrons. The van der Waals surface area contributed by atoms with Crippen LogP contribution in [0.1, 0.15) is 63.4 Å². The Labute approximate surface area is 127 Å². The van der Waals surface area contributed by atoms with Crippen LogP contribution in [0, 0.1) is 0 Å². The molecule has 1 aliphatic carbocycles. The standard InChI is InChI=1S/C16H29N3S/c1-5-8-14-15(11-17-12(2)3)20-16(18-14)19(4)13-9-6-7-10-13/h12-13,17H,5-11H2,1-4H3. The lowest BCUT2D eigenvalue weighted by Crippen LogP contribution is -2.28. The number of aromatic nitrogens is 1. The predicted octanol–water partition coefficient (Wildman–Crippen LogP) is 3.97. The molecular formula is C16H29N3S. The monoisotopic (exact) mass is 295 g/mol. The van der Waals surface area contributed by atoms with Gasteiger partial charge in [0.2, 0.25) is 0 Å². The van der Waals surface area contributed by atoms with E-state index in [2.05, 4.69) is 38.0 Å². The van der Waals surface area contributed by atoms with Gasteiger partial charge >= 0.3 is 0 Å². The van der Waals surface area contributed by atoms with Gasteiger partial charge in [0.25, 0.3) is 0 Å². The molecule has 0 radical (unpaired) electrons. The highest BCUT2D eigenvalue weighted by molar-refractivity contribution is 7.15. The number of hydrogen-bond acceptors (Lipinski definition) is 4. The van der Waals surface area contributed by atoms with Crippen molar-refractivity contribution in [2.24, 2.45) is 0 Å². The van der Waals surface area contributed by atoms with Crippen molar-refractivity contribution in [2.75, 3.05) is 11.9 Å². The van der Waals surface area contributed by atoms with Crippen LogP contribution < -0.4 is 10.2 Å². The van der Waals surface area contributed by atoms with Crippen molar-refractivity contribution in [1.82, 2.24) is 10.3 Å². The molecule has 0 aromatic carbocycles. The van der Waals surface area contributed by atoms with Crippen LogP contribution in [0.3, 0.4) is 0 Å². The summed E-state index contributed by atoms with van der Waals surface area (Å²) in [6.45, 7) is 7.60. The van der Waals surface area contributed by atoms with Gasteiger partial charge in [-0.15, -0.1) is 11.3 Å². The molecule has 1 fully saturated rings. The topological polar surface area (TPSA) is 28.2 Å². The number of nitrogens with zero attached hydrogens (tertiary/aromatic N) is 2. The molecule has 0 saturated heterocycles. The van der Waals surface area contributed by atoms with Crippen molar-refractivity contribution in [3.05, 3.63) is 10.6 Å². The van der Waals surface area contributed by atoms with Gasteiger partial charge in [-0.1, -0.05) is 40.0 Å². The van der Waals surface area contributed by atoms with Gasteiger partial charge in [0.15, 0.2) is 5.13 Å². The van der Waals surface area contributed by atoms with E-state index >= 15 is 0 Å². The molecule has 1 saturated carbocycles. The van der Waals surface area contributed by atoms with Crippen LogP contribution in [0.2, 0.25) is 0 Å². The second-order valence-corrected chi connectivity index (χ2v) is 7.26. The Balaban J connectivity index is 2.10. The van der Waals surface area contributed by atoms with Gasteiger partial charge in [0.05, 0.1) is 5.69 Å². The van der Waals surface area contributed by atoms with Gasteiger partial charge in [-0.25, -0.2) is 4.98 Å². The second-order valence-electron chi connectivity index (χ2n) is 6.20. The lowest BCUT2D eigenvalue weighted by Gasteiger charge is -2.23. The van der Waals surface area contributed by atoms with E-state index in [-0.39, 0.29) is 0 Å². The van der Waals surface area contributed by atoms with Gasteiger partial charge in [-0.2, -0.15) is 0 Å². The van der Waals surface area contributed by atoms with Crippen LogP contribution in [0.25, 0.3) is 0 Å². The number of hydrogen-bond donors (Lipinski definition) is 1. The number of nitrogens with one attached hydrogen (secondary N) is 1. The summed E-state index contributed by atoms with van der Waals surface area (Å²) in [6.07, 6.45) is 7.70. The third kappa shape index (κ3) is 3.95. The minimum absolute atomic E-state index is 0.530. The zero-order valence-electron chi connectivity index (χ0n) is 13.4. The summed E-state index contributed by atoms with van der Waals surface area (Å²) >= 11 is 1.89. The second kappa shape index (κ2) is 7.41. The molecule has 0 spiro atoms. The quantitative estimate of drug-likeness (QED) is 0.825. The first-order valence-corrected chi connectivity index (χ1v) is 8.88. The fourth-order valence-electron chi connectivity index (χ4n) is 2.84. The molecule has 0 amide bonds. The van der Waals surface area contributed by atoms with Crippen molar-refractivity contribution in [2.45, 2.75) is 77.9 Å². The molecule has 0 bridgehead atoms. The zero-order chi connectivity index (χ0) is 14.5. The van der Waals surface area contributed by atoms with Crippen molar-refractivity contribution in [1.29, 1.82) is 0 Å². The summed E-state index contributed by atoms with van der Waals surface area (Å²) in [4.78, 5) is 8.78. The Hall–Kier alpha value is -0.610. The Morgan fingerprint density at radius 3 is 2.65 bits per heavy atom. The summed E-state index contributed by atoms with van der Waals surface area (Å²) in [5.41, 5.74) is 1.31. The molecule has 0 atom stereocenters. The number of rotatable bonds is 7. The van der Waals surface area contributed by atoms with Crippen molar-refractivity contribution < 1.29 is 0 Å². The van der Waals surface area contributed by atoms with E-state index in [4.69, 9.17) is 4.98 Å². The van der Waals surface area contributed by atoms with Crippen LogP contribution in [-0.4, -0.2) is 24.1 Å². The first-order chi connectivity index (χ1) is 9.61. The van der Waals surface area contributed by atoms with Crippen LogP contribution in [-0.2, 0) is 13.0 Å². The SMILES string of the molecule is CCCc1nc(N(C)C2CCCC2)sc1CNC(C)C. The fourth-order valence-corrected chi connectivity index (χ4v) is 3.93. The van der Waals surface area contributed by atoms with Gasteiger partial charge in [0.1, 0.15) is 0 Å². The Morgan fingerprint density at radius 1 is 1.35 bits per heavy atom. The lowest BCUT2D eigenvalue weighted by molar-refractivity contribution is 0.589. The molecule has 1 heterocycles. The highest BCUT2D eigenvalue weighted by atomic mass is 32.1. The van der Waals surface area contributed by atoms with E-state index in [0.29, 0.717) is 12.1 Å². The first kappa shape index (κ1) is 15.8. The number of thiazole rings is 1. The summed E-state index contributed by atoms with van der Waals surface area (Å²) in [5, 5.41) is 4.76. The van der Waals surface area contributed by atoms with Gasteiger partial charge in [-0.3, -0.25) is 0 Å². The summed E-state index contributed by atoms with van der Waals surface area (Å²) < 4.78 is 0. The van der Waals surface area contributed by atoms with E-state index < -0.39 is 0 Å². The van der Waals surface area contributed by atoms with Gasteiger partial charge < -0.3 is 10.2 Å². The van der Waals surface area contributed by atoms with Crippen molar-refractivity contribution >= 4 is 16.5 Å². The summed E-state index contributed by atoms with van der Waals surface area (Å²) in [7, 11) is 2.23. The molecule has 4 heteroatoms. The molecule has 3 nitrogen and oxygen atoms in total.